The molecular formula is C12H13ClN4. The van der Waals surface area contributed by atoms with Gasteiger partial charge in [0.2, 0.25) is 11.2 Å². The number of halogens is 1. The van der Waals surface area contributed by atoms with Gasteiger partial charge in [-0.15, -0.1) is 0 Å². The Morgan fingerprint density at radius 3 is 2.29 bits per heavy atom. The van der Waals surface area contributed by atoms with Gasteiger partial charge < -0.3 is 5.73 Å². The van der Waals surface area contributed by atoms with Crippen LogP contribution in [0.1, 0.15) is 25.2 Å². The van der Waals surface area contributed by atoms with E-state index in [1.165, 1.54) is 0 Å². The number of rotatable bonds is 2. The number of nitrogen functional groups attached to an aromatic ring is 1. The lowest BCUT2D eigenvalue weighted by molar-refractivity contribution is 0.587. The molecule has 0 radical (unpaired) electrons. The number of hydrogen-bond acceptors (Lipinski definition) is 4. The molecule has 2 N–H and O–H groups in total. The summed E-state index contributed by atoms with van der Waals surface area (Å²) in [6.07, 6.45) is 0. The third-order valence-corrected chi connectivity index (χ3v) is 2.85. The maximum Gasteiger partial charge on any atom is 0.227 e. The van der Waals surface area contributed by atoms with E-state index in [4.69, 9.17) is 17.3 Å². The lowest BCUT2D eigenvalue weighted by Gasteiger charge is -2.23. The Hall–Kier alpha value is -1.68. The Morgan fingerprint density at radius 2 is 1.71 bits per heavy atom. The second-order valence-electron chi connectivity index (χ2n) is 4.28. The molecule has 0 bridgehead atoms. The van der Waals surface area contributed by atoms with Crippen LogP contribution in [0.2, 0.25) is 5.28 Å². The zero-order chi connectivity index (χ0) is 12.5. The Morgan fingerprint density at radius 1 is 1.06 bits per heavy atom. The van der Waals surface area contributed by atoms with Crippen LogP contribution in [0.15, 0.2) is 30.3 Å². The van der Waals surface area contributed by atoms with Crippen LogP contribution in [0.25, 0.3) is 0 Å². The van der Waals surface area contributed by atoms with Gasteiger partial charge in [-0.3, -0.25) is 0 Å². The van der Waals surface area contributed by atoms with Gasteiger partial charge >= 0.3 is 0 Å². The summed E-state index contributed by atoms with van der Waals surface area (Å²) in [4.78, 5) is 12.1. The first-order valence-corrected chi connectivity index (χ1v) is 5.61. The minimum absolute atomic E-state index is 0.122. The first kappa shape index (κ1) is 11.8. The summed E-state index contributed by atoms with van der Waals surface area (Å²) in [6.45, 7) is 4.04. The molecule has 1 heterocycles. The van der Waals surface area contributed by atoms with Crippen molar-refractivity contribution in [3.8, 4) is 0 Å². The third-order valence-electron chi connectivity index (χ3n) is 2.68. The van der Waals surface area contributed by atoms with Gasteiger partial charge in [-0.05, 0) is 31.0 Å². The average Bonchev–Trinajstić information content (AvgIpc) is 2.29. The summed E-state index contributed by atoms with van der Waals surface area (Å²) < 4.78 is 0. The van der Waals surface area contributed by atoms with Gasteiger partial charge in [0.15, 0.2) is 0 Å². The van der Waals surface area contributed by atoms with Crippen molar-refractivity contribution < 1.29 is 0 Å². The highest BCUT2D eigenvalue weighted by Gasteiger charge is 2.27. The Bertz CT molecular complexity index is 505. The van der Waals surface area contributed by atoms with Gasteiger partial charge in [0.05, 0.1) is 0 Å². The molecule has 0 aliphatic rings. The molecule has 4 nitrogen and oxygen atoms in total. The van der Waals surface area contributed by atoms with Crippen LogP contribution in [0, 0.1) is 0 Å². The molecule has 0 amide bonds. The summed E-state index contributed by atoms with van der Waals surface area (Å²) in [5.74, 6) is 0.713. The first-order valence-electron chi connectivity index (χ1n) is 5.23. The van der Waals surface area contributed by atoms with E-state index in [-0.39, 0.29) is 16.6 Å². The normalized spacial score (nSPS) is 11.5. The molecular weight excluding hydrogens is 236 g/mol. The Kier molecular flexibility index (Phi) is 2.98. The van der Waals surface area contributed by atoms with Crippen LogP contribution in [0.4, 0.5) is 5.95 Å². The number of anilines is 1. The smallest absolute Gasteiger partial charge is 0.227 e. The molecule has 0 aliphatic heterocycles. The van der Waals surface area contributed by atoms with Gasteiger partial charge in [0.25, 0.3) is 0 Å². The zero-order valence-corrected chi connectivity index (χ0v) is 10.4. The highest BCUT2D eigenvalue weighted by atomic mass is 35.5. The van der Waals surface area contributed by atoms with E-state index in [0.29, 0.717) is 5.82 Å². The van der Waals surface area contributed by atoms with Crippen LogP contribution in [-0.2, 0) is 5.41 Å². The third kappa shape index (κ3) is 2.36. The summed E-state index contributed by atoms with van der Waals surface area (Å²) in [6, 6.07) is 9.96. The maximum atomic E-state index is 5.80. The van der Waals surface area contributed by atoms with Crippen LogP contribution >= 0.6 is 11.6 Å². The van der Waals surface area contributed by atoms with E-state index < -0.39 is 0 Å². The van der Waals surface area contributed by atoms with Crippen molar-refractivity contribution in [3.63, 3.8) is 0 Å². The van der Waals surface area contributed by atoms with Crippen LogP contribution in [0.3, 0.4) is 0 Å². The molecule has 1 aromatic heterocycles. The Balaban J connectivity index is 2.51. The molecule has 0 fully saturated rings. The first-order chi connectivity index (χ1) is 8.00. The van der Waals surface area contributed by atoms with Crippen LogP contribution < -0.4 is 5.73 Å². The number of nitrogens with zero attached hydrogens (tertiary/aromatic N) is 3. The topological polar surface area (TPSA) is 64.7 Å². The Labute approximate surface area is 105 Å². The average molecular weight is 249 g/mol. The molecule has 0 saturated carbocycles. The summed E-state index contributed by atoms with van der Waals surface area (Å²) >= 11 is 5.80. The van der Waals surface area contributed by atoms with Gasteiger partial charge in [-0.25, -0.2) is 4.98 Å². The van der Waals surface area contributed by atoms with Gasteiger partial charge in [0.1, 0.15) is 5.82 Å². The largest absolute Gasteiger partial charge is 0.368 e. The lowest BCUT2D eigenvalue weighted by Crippen LogP contribution is -2.23. The lowest BCUT2D eigenvalue weighted by atomic mass is 9.84. The summed E-state index contributed by atoms with van der Waals surface area (Å²) in [5.41, 5.74) is 6.33. The van der Waals surface area contributed by atoms with Crippen molar-refractivity contribution in [2.45, 2.75) is 19.3 Å². The molecule has 0 spiro atoms. The molecule has 88 valence electrons. The zero-order valence-electron chi connectivity index (χ0n) is 9.68. The fraction of sp³-hybridized carbons (Fsp3) is 0.250. The van der Waals surface area contributed by atoms with E-state index >= 15 is 0 Å². The highest BCUT2D eigenvalue weighted by Crippen LogP contribution is 2.29. The molecule has 1 aromatic carbocycles. The van der Waals surface area contributed by atoms with Crippen molar-refractivity contribution in [2.75, 3.05) is 5.73 Å². The minimum atomic E-state index is -0.359. The van der Waals surface area contributed by atoms with Gasteiger partial charge in [-0.2, -0.15) is 9.97 Å². The van der Waals surface area contributed by atoms with Crippen LogP contribution in [-0.4, -0.2) is 15.0 Å². The molecule has 17 heavy (non-hydrogen) atoms. The minimum Gasteiger partial charge on any atom is -0.368 e. The molecule has 0 saturated heterocycles. The van der Waals surface area contributed by atoms with E-state index in [0.717, 1.165) is 5.56 Å². The number of nitrogens with two attached hydrogens (primary N) is 1. The van der Waals surface area contributed by atoms with Crippen molar-refractivity contribution in [1.29, 1.82) is 0 Å². The fourth-order valence-corrected chi connectivity index (χ4v) is 1.80. The molecule has 5 heteroatoms. The molecule has 0 atom stereocenters. The van der Waals surface area contributed by atoms with E-state index in [2.05, 4.69) is 15.0 Å². The fourth-order valence-electron chi connectivity index (χ4n) is 1.63. The van der Waals surface area contributed by atoms with E-state index in [1.807, 2.05) is 44.2 Å². The van der Waals surface area contributed by atoms with Crippen molar-refractivity contribution in [2.24, 2.45) is 0 Å². The summed E-state index contributed by atoms with van der Waals surface area (Å²) in [7, 11) is 0. The quantitative estimate of drug-likeness (QED) is 0.887. The molecule has 0 unspecified atom stereocenters. The summed E-state index contributed by atoms with van der Waals surface area (Å²) in [5, 5.41) is 0.122. The van der Waals surface area contributed by atoms with Crippen molar-refractivity contribution in [3.05, 3.63) is 47.0 Å². The van der Waals surface area contributed by atoms with Gasteiger partial charge in [-0.1, -0.05) is 30.3 Å². The maximum absolute atomic E-state index is 5.80. The van der Waals surface area contributed by atoms with Crippen molar-refractivity contribution >= 4 is 17.5 Å². The van der Waals surface area contributed by atoms with Crippen molar-refractivity contribution in [1.82, 2.24) is 15.0 Å². The van der Waals surface area contributed by atoms with E-state index in [1.54, 1.807) is 0 Å². The number of aromatic nitrogens is 3. The van der Waals surface area contributed by atoms with Gasteiger partial charge in [0, 0.05) is 5.41 Å². The second-order valence-corrected chi connectivity index (χ2v) is 4.62. The highest BCUT2D eigenvalue weighted by molar-refractivity contribution is 6.28. The molecule has 2 rings (SSSR count). The second kappa shape index (κ2) is 4.30. The molecule has 2 aromatic rings. The number of benzene rings is 1. The standard InChI is InChI=1S/C12H13ClN4/c1-12(2,8-6-4-3-5-7-8)9-15-10(13)17-11(14)16-9/h3-7H,1-2H3,(H2,14,15,16,17). The number of hydrogen-bond donors (Lipinski definition) is 1. The predicted molar refractivity (Wildman–Crippen MR) is 67.8 cm³/mol. The predicted octanol–water partition coefficient (Wildman–Crippen LogP) is 2.43. The monoisotopic (exact) mass is 248 g/mol. The SMILES string of the molecule is CC(C)(c1ccccc1)c1nc(N)nc(Cl)n1. The van der Waals surface area contributed by atoms with E-state index in [9.17, 15) is 0 Å². The molecule has 0 aliphatic carbocycles. The van der Waals surface area contributed by atoms with Crippen LogP contribution in [0.5, 0.6) is 0 Å².